The van der Waals surface area contributed by atoms with Gasteiger partial charge in [-0.15, -0.1) is 0 Å². The Morgan fingerprint density at radius 2 is 2.05 bits per heavy atom. The minimum absolute atomic E-state index is 0.0568. The van der Waals surface area contributed by atoms with E-state index < -0.39 is 16.1 Å². The van der Waals surface area contributed by atoms with E-state index in [1.807, 2.05) is 0 Å². The average Bonchev–Trinajstić information content (AvgIpc) is 2.89. The van der Waals surface area contributed by atoms with Crippen LogP contribution in [0.15, 0.2) is 24.3 Å². The molecule has 1 unspecified atom stereocenters. The average molecular weight is 298 g/mol. The van der Waals surface area contributed by atoms with E-state index in [2.05, 4.69) is 5.32 Å². The highest BCUT2D eigenvalue weighted by Crippen LogP contribution is 2.22. The summed E-state index contributed by atoms with van der Waals surface area (Å²) in [4.78, 5) is 12.2. The molecule has 0 radical (unpaired) electrons. The van der Waals surface area contributed by atoms with Gasteiger partial charge in [0.2, 0.25) is 15.9 Å². The molecule has 0 saturated carbocycles. The number of benzene rings is 1. The molecule has 1 saturated heterocycles. The number of nitrogens with zero attached hydrogens (tertiary/aromatic N) is 1. The SMILES string of the molecule is CS(=O)(=O)N1CCCC1C(=O)Nc1ccc(CO)cc1. The standard InChI is InChI=1S/C13H18N2O4S/c1-20(18,19)15-8-2-3-12(15)13(17)14-11-6-4-10(9-16)5-7-11/h4-7,12,16H,2-3,8-9H2,1H3,(H,14,17). The minimum atomic E-state index is -3.36. The maximum Gasteiger partial charge on any atom is 0.242 e. The molecular formula is C13H18N2O4S. The Morgan fingerprint density at radius 3 is 2.60 bits per heavy atom. The summed E-state index contributed by atoms with van der Waals surface area (Å²) in [6, 6.07) is 6.14. The van der Waals surface area contributed by atoms with Crippen LogP contribution >= 0.6 is 0 Å². The highest BCUT2D eigenvalue weighted by molar-refractivity contribution is 7.88. The lowest BCUT2D eigenvalue weighted by atomic mass is 10.2. The van der Waals surface area contributed by atoms with Crippen molar-refractivity contribution in [1.29, 1.82) is 0 Å². The Kier molecular flexibility index (Phi) is 4.42. The summed E-state index contributed by atoms with van der Waals surface area (Å²) in [7, 11) is -3.36. The quantitative estimate of drug-likeness (QED) is 0.849. The molecule has 20 heavy (non-hydrogen) atoms. The van der Waals surface area contributed by atoms with Crippen molar-refractivity contribution in [1.82, 2.24) is 4.31 Å². The minimum Gasteiger partial charge on any atom is -0.392 e. The normalized spacial score (nSPS) is 20.0. The van der Waals surface area contributed by atoms with Gasteiger partial charge >= 0.3 is 0 Å². The van der Waals surface area contributed by atoms with E-state index >= 15 is 0 Å². The second-order valence-electron chi connectivity index (χ2n) is 4.88. The molecule has 2 N–H and O–H groups in total. The number of amides is 1. The van der Waals surface area contributed by atoms with Crippen LogP contribution in [0.5, 0.6) is 0 Å². The van der Waals surface area contributed by atoms with Gasteiger partial charge in [0.25, 0.3) is 0 Å². The van der Waals surface area contributed by atoms with Crippen molar-refractivity contribution in [2.24, 2.45) is 0 Å². The molecule has 0 spiro atoms. The fourth-order valence-electron chi connectivity index (χ4n) is 2.32. The van der Waals surface area contributed by atoms with Crippen LogP contribution in [0.1, 0.15) is 18.4 Å². The number of carbonyl (C=O) groups excluding carboxylic acids is 1. The number of hydrogen-bond donors (Lipinski definition) is 2. The van der Waals surface area contributed by atoms with Gasteiger partial charge in [0.15, 0.2) is 0 Å². The van der Waals surface area contributed by atoms with Crippen molar-refractivity contribution in [3.63, 3.8) is 0 Å². The first-order valence-corrected chi connectivity index (χ1v) is 8.24. The lowest BCUT2D eigenvalue weighted by Gasteiger charge is -2.21. The van der Waals surface area contributed by atoms with Crippen LogP contribution in [0.25, 0.3) is 0 Å². The van der Waals surface area contributed by atoms with Gasteiger partial charge in [0, 0.05) is 12.2 Å². The molecular weight excluding hydrogens is 280 g/mol. The van der Waals surface area contributed by atoms with E-state index in [0.717, 1.165) is 11.8 Å². The van der Waals surface area contributed by atoms with Crippen LogP contribution in [0, 0.1) is 0 Å². The summed E-state index contributed by atoms with van der Waals surface area (Å²) in [5, 5.41) is 11.7. The number of sulfonamides is 1. The lowest BCUT2D eigenvalue weighted by molar-refractivity contribution is -0.119. The largest absolute Gasteiger partial charge is 0.392 e. The molecule has 110 valence electrons. The van der Waals surface area contributed by atoms with Gasteiger partial charge < -0.3 is 10.4 Å². The van der Waals surface area contributed by atoms with E-state index in [1.54, 1.807) is 24.3 Å². The third-order valence-electron chi connectivity index (χ3n) is 3.34. The zero-order valence-corrected chi connectivity index (χ0v) is 12.1. The molecule has 7 heteroatoms. The molecule has 0 aromatic heterocycles. The Morgan fingerprint density at radius 1 is 1.40 bits per heavy atom. The first kappa shape index (κ1) is 15.0. The number of rotatable bonds is 4. The molecule has 1 aliphatic rings. The van der Waals surface area contributed by atoms with Crippen LogP contribution in [0.3, 0.4) is 0 Å². The summed E-state index contributed by atoms with van der Waals surface area (Å²) in [5.41, 5.74) is 1.34. The highest BCUT2D eigenvalue weighted by atomic mass is 32.2. The van der Waals surface area contributed by atoms with Crippen molar-refractivity contribution in [2.75, 3.05) is 18.1 Å². The van der Waals surface area contributed by atoms with Crippen LogP contribution in [0.4, 0.5) is 5.69 Å². The summed E-state index contributed by atoms with van der Waals surface area (Å²) < 4.78 is 24.4. The van der Waals surface area contributed by atoms with E-state index in [4.69, 9.17) is 5.11 Å². The van der Waals surface area contributed by atoms with Crippen molar-refractivity contribution in [2.45, 2.75) is 25.5 Å². The van der Waals surface area contributed by atoms with E-state index in [9.17, 15) is 13.2 Å². The monoisotopic (exact) mass is 298 g/mol. The molecule has 0 aliphatic carbocycles. The molecule has 0 bridgehead atoms. The maximum atomic E-state index is 12.2. The molecule has 1 aromatic rings. The third kappa shape index (κ3) is 3.36. The van der Waals surface area contributed by atoms with Crippen LogP contribution in [-0.4, -0.2) is 42.6 Å². The first-order chi connectivity index (χ1) is 9.41. The van der Waals surface area contributed by atoms with Crippen molar-refractivity contribution >= 4 is 21.6 Å². The molecule has 1 amide bonds. The van der Waals surface area contributed by atoms with Crippen molar-refractivity contribution in [3.8, 4) is 0 Å². The predicted molar refractivity (Wildman–Crippen MR) is 75.6 cm³/mol. The molecule has 2 rings (SSSR count). The van der Waals surface area contributed by atoms with Gasteiger partial charge in [-0.1, -0.05) is 12.1 Å². The predicted octanol–water partition coefficient (Wildman–Crippen LogP) is 0.541. The number of nitrogens with one attached hydrogen (secondary N) is 1. The number of aliphatic hydroxyl groups is 1. The zero-order chi connectivity index (χ0) is 14.8. The molecule has 1 heterocycles. The summed E-state index contributed by atoms with van der Waals surface area (Å²) in [6.45, 7) is 0.332. The Bertz CT molecular complexity index is 583. The van der Waals surface area contributed by atoms with Gasteiger partial charge in [-0.2, -0.15) is 4.31 Å². The topological polar surface area (TPSA) is 86.7 Å². The first-order valence-electron chi connectivity index (χ1n) is 6.39. The lowest BCUT2D eigenvalue weighted by Crippen LogP contribution is -2.42. The van der Waals surface area contributed by atoms with Crippen LogP contribution in [-0.2, 0) is 21.4 Å². The second kappa shape index (κ2) is 5.90. The van der Waals surface area contributed by atoms with Gasteiger partial charge in [-0.25, -0.2) is 8.42 Å². The molecule has 1 fully saturated rings. The molecule has 6 nitrogen and oxygen atoms in total. The van der Waals surface area contributed by atoms with E-state index in [1.165, 1.54) is 4.31 Å². The molecule has 1 aromatic carbocycles. The number of hydrogen-bond acceptors (Lipinski definition) is 4. The third-order valence-corrected chi connectivity index (χ3v) is 4.63. The van der Waals surface area contributed by atoms with Crippen molar-refractivity contribution in [3.05, 3.63) is 29.8 Å². The fraction of sp³-hybridized carbons (Fsp3) is 0.462. The van der Waals surface area contributed by atoms with Crippen LogP contribution in [0.2, 0.25) is 0 Å². The molecule has 1 aliphatic heterocycles. The number of carbonyl (C=O) groups is 1. The van der Waals surface area contributed by atoms with Gasteiger partial charge in [0.1, 0.15) is 6.04 Å². The van der Waals surface area contributed by atoms with Crippen molar-refractivity contribution < 1.29 is 18.3 Å². The zero-order valence-electron chi connectivity index (χ0n) is 11.2. The highest BCUT2D eigenvalue weighted by Gasteiger charge is 2.36. The van der Waals surface area contributed by atoms with E-state index in [-0.39, 0.29) is 12.5 Å². The summed E-state index contributed by atoms with van der Waals surface area (Å²) >= 11 is 0. The molecule has 1 atom stereocenters. The van der Waals surface area contributed by atoms with Crippen LogP contribution < -0.4 is 5.32 Å². The Hall–Kier alpha value is -1.44. The van der Waals surface area contributed by atoms with Gasteiger partial charge in [-0.05, 0) is 30.5 Å². The second-order valence-corrected chi connectivity index (χ2v) is 6.81. The smallest absolute Gasteiger partial charge is 0.242 e. The van der Waals surface area contributed by atoms with Gasteiger partial charge in [0.05, 0.1) is 12.9 Å². The number of anilines is 1. The Balaban J connectivity index is 2.07. The summed E-state index contributed by atoms with van der Waals surface area (Å²) in [5.74, 6) is -0.315. The maximum absolute atomic E-state index is 12.2. The van der Waals surface area contributed by atoms with Gasteiger partial charge in [-0.3, -0.25) is 4.79 Å². The van der Waals surface area contributed by atoms with E-state index in [0.29, 0.717) is 25.1 Å². The fourth-order valence-corrected chi connectivity index (χ4v) is 3.44. The summed E-state index contributed by atoms with van der Waals surface area (Å²) in [6.07, 6.45) is 2.34. The Labute approximate surface area is 118 Å². The number of aliphatic hydroxyl groups excluding tert-OH is 1.